The standard InChI is InChI=1S/C22H18ClN7O2/c23-15-7-12(6-13-9-26-30-17(13)15)19-18(11-4-2-1-3-5-11)29-21(24)20(28-19)22(32)27-14-8-16(31)25-10-14/h1-7,9,14H,8,10H2,(H2,24,29)(H,25,31)(H,26,30)(H,27,32). The van der Waals surface area contributed by atoms with E-state index in [1.165, 1.54) is 0 Å². The number of halogens is 1. The smallest absolute Gasteiger partial charge is 0.274 e. The third-order valence-corrected chi connectivity index (χ3v) is 5.57. The molecule has 1 aliphatic heterocycles. The highest BCUT2D eigenvalue weighted by Crippen LogP contribution is 2.34. The SMILES string of the molecule is Nc1nc(-c2ccccc2)c(-c2cc(Cl)c3[nH]ncc3c2)nc1C(=O)NC1CNC(=O)C1. The molecular formula is C22H18ClN7O2. The molecule has 0 radical (unpaired) electrons. The van der Waals surface area contributed by atoms with Crippen molar-refractivity contribution < 1.29 is 9.59 Å². The van der Waals surface area contributed by atoms with Crippen LogP contribution < -0.4 is 16.4 Å². The number of aromatic amines is 1. The Morgan fingerprint density at radius 1 is 1.12 bits per heavy atom. The number of hydrogen-bond acceptors (Lipinski definition) is 6. The number of amides is 2. The van der Waals surface area contributed by atoms with Gasteiger partial charge in [-0.2, -0.15) is 5.10 Å². The molecule has 0 bridgehead atoms. The zero-order valence-corrected chi connectivity index (χ0v) is 17.5. The van der Waals surface area contributed by atoms with Gasteiger partial charge in [-0.15, -0.1) is 0 Å². The monoisotopic (exact) mass is 447 g/mol. The number of aromatic nitrogens is 4. The van der Waals surface area contributed by atoms with Crippen molar-refractivity contribution in [2.75, 3.05) is 12.3 Å². The van der Waals surface area contributed by atoms with E-state index in [-0.39, 0.29) is 29.9 Å². The van der Waals surface area contributed by atoms with Crippen LogP contribution in [0, 0.1) is 0 Å². The molecule has 3 heterocycles. The second kappa shape index (κ2) is 7.93. The van der Waals surface area contributed by atoms with Crippen molar-refractivity contribution in [3.63, 3.8) is 0 Å². The van der Waals surface area contributed by atoms with E-state index in [0.29, 0.717) is 34.0 Å². The second-order valence-corrected chi connectivity index (χ2v) is 7.90. The lowest BCUT2D eigenvalue weighted by Crippen LogP contribution is -2.37. The maximum Gasteiger partial charge on any atom is 0.274 e. The molecule has 5 rings (SSSR count). The Labute approximate surface area is 187 Å². The molecule has 2 amide bonds. The number of nitrogens with two attached hydrogens (primary N) is 1. The third-order valence-electron chi connectivity index (χ3n) is 5.27. The van der Waals surface area contributed by atoms with Gasteiger partial charge in [0.1, 0.15) is 0 Å². The number of carbonyl (C=O) groups is 2. The Morgan fingerprint density at radius 3 is 2.66 bits per heavy atom. The summed E-state index contributed by atoms with van der Waals surface area (Å²) in [6, 6.07) is 12.7. The van der Waals surface area contributed by atoms with E-state index < -0.39 is 5.91 Å². The van der Waals surface area contributed by atoms with Gasteiger partial charge in [-0.25, -0.2) is 9.97 Å². The molecule has 0 saturated carbocycles. The fraction of sp³-hybridized carbons (Fsp3) is 0.136. The topological polar surface area (TPSA) is 139 Å². The minimum atomic E-state index is -0.493. The van der Waals surface area contributed by atoms with Gasteiger partial charge in [-0.3, -0.25) is 14.7 Å². The first-order chi connectivity index (χ1) is 15.5. The number of anilines is 1. The second-order valence-electron chi connectivity index (χ2n) is 7.49. The van der Waals surface area contributed by atoms with Gasteiger partial charge in [0.25, 0.3) is 5.91 Å². The summed E-state index contributed by atoms with van der Waals surface area (Å²) in [6.45, 7) is 0.361. The van der Waals surface area contributed by atoms with Crippen LogP contribution in [-0.2, 0) is 4.79 Å². The summed E-state index contributed by atoms with van der Waals surface area (Å²) < 4.78 is 0. The first-order valence-electron chi connectivity index (χ1n) is 9.93. The lowest BCUT2D eigenvalue weighted by atomic mass is 10.0. The van der Waals surface area contributed by atoms with Crippen molar-refractivity contribution in [2.24, 2.45) is 0 Å². The number of benzene rings is 2. The molecule has 1 atom stereocenters. The van der Waals surface area contributed by atoms with E-state index in [4.69, 9.17) is 17.3 Å². The average molecular weight is 448 g/mol. The van der Waals surface area contributed by atoms with Crippen LogP contribution in [0.25, 0.3) is 33.4 Å². The van der Waals surface area contributed by atoms with Crippen LogP contribution in [0.5, 0.6) is 0 Å². The maximum absolute atomic E-state index is 12.9. The van der Waals surface area contributed by atoms with E-state index in [1.807, 2.05) is 36.4 Å². The molecule has 32 heavy (non-hydrogen) atoms. The first-order valence-corrected chi connectivity index (χ1v) is 10.3. The number of nitrogen functional groups attached to an aromatic ring is 1. The van der Waals surface area contributed by atoms with Gasteiger partial charge in [0.15, 0.2) is 11.5 Å². The van der Waals surface area contributed by atoms with Crippen molar-refractivity contribution in [2.45, 2.75) is 12.5 Å². The molecule has 1 unspecified atom stereocenters. The number of fused-ring (bicyclic) bond motifs is 1. The molecule has 160 valence electrons. The number of rotatable bonds is 4. The Hall–Kier alpha value is -3.98. The van der Waals surface area contributed by atoms with E-state index in [1.54, 1.807) is 12.3 Å². The number of hydrogen-bond donors (Lipinski definition) is 4. The summed E-state index contributed by atoms with van der Waals surface area (Å²) in [7, 11) is 0. The number of nitrogens with zero attached hydrogens (tertiary/aromatic N) is 3. The van der Waals surface area contributed by atoms with E-state index in [2.05, 4.69) is 30.8 Å². The quantitative estimate of drug-likeness (QED) is 0.379. The number of carbonyl (C=O) groups excluding carboxylic acids is 2. The van der Waals surface area contributed by atoms with Crippen LogP contribution in [0.4, 0.5) is 5.82 Å². The largest absolute Gasteiger partial charge is 0.382 e. The fourth-order valence-electron chi connectivity index (χ4n) is 3.73. The van der Waals surface area contributed by atoms with Crippen molar-refractivity contribution >= 4 is 40.1 Å². The van der Waals surface area contributed by atoms with Gasteiger partial charge in [-0.1, -0.05) is 41.9 Å². The van der Waals surface area contributed by atoms with Crippen molar-refractivity contribution in [3.05, 3.63) is 59.4 Å². The highest BCUT2D eigenvalue weighted by atomic mass is 35.5. The highest BCUT2D eigenvalue weighted by Gasteiger charge is 2.26. The molecular weight excluding hydrogens is 430 g/mol. The summed E-state index contributed by atoms with van der Waals surface area (Å²) >= 11 is 6.45. The van der Waals surface area contributed by atoms with Crippen molar-refractivity contribution in [3.8, 4) is 22.5 Å². The lowest BCUT2D eigenvalue weighted by molar-refractivity contribution is -0.119. The molecule has 5 N–H and O–H groups in total. The lowest BCUT2D eigenvalue weighted by Gasteiger charge is -2.15. The fourth-order valence-corrected chi connectivity index (χ4v) is 3.99. The molecule has 2 aromatic heterocycles. The Bertz CT molecular complexity index is 1350. The average Bonchev–Trinajstić information content (AvgIpc) is 3.43. The molecule has 0 spiro atoms. The molecule has 10 heteroatoms. The molecule has 9 nitrogen and oxygen atoms in total. The molecule has 4 aromatic rings. The predicted octanol–water partition coefficient (Wildman–Crippen LogP) is 2.54. The molecule has 1 saturated heterocycles. The van der Waals surface area contributed by atoms with Gasteiger partial charge in [-0.05, 0) is 12.1 Å². The zero-order chi connectivity index (χ0) is 22.2. The molecule has 1 fully saturated rings. The van der Waals surface area contributed by atoms with Gasteiger partial charge in [0.2, 0.25) is 5.91 Å². The molecule has 2 aromatic carbocycles. The van der Waals surface area contributed by atoms with Crippen molar-refractivity contribution in [1.82, 2.24) is 30.8 Å². The molecule has 1 aliphatic rings. The summed E-state index contributed by atoms with van der Waals surface area (Å²) in [4.78, 5) is 33.5. The van der Waals surface area contributed by atoms with Crippen LogP contribution >= 0.6 is 11.6 Å². The normalized spacial score (nSPS) is 15.7. The Morgan fingerprint density at radius 2 is 1.91 bits per heavy atom. The Balaban J connectivity index is 1.64. The van der Waals surface area contributed by atoms with Gasteiger partial charge in [0, 0.05) is 29.5 Å². The van der Waals surface area contributed by atoms with Crippen LogP contribution in [0.1, 0.15) is 16.9 Å². The van der Waals surface area contributed by atoms with Crippen LogP contribution in [-0.4, -0.2) is 44.6 Å². The highest BCUT2D eigenvalue weighted by molar-refractivity contribution is 6.35. The summed E-state index contributed by atoms with van der Waals surface area (Å²) in [5.41, 5.74) is 9.29. The van der Waals surface area contributed by atoms with Gasteiger partial charge in [0.05, 0.1) is 34.2 Å². The predicted molar refractivity (Wildman–Crippen MR) is 121 cm³/mol. The van der Waals surface area contributed by atoms with Crippen LogP contribution in [0.15, 0.2) is 48.7 Å². The van der Waals surface area contributed by atoms with Crippen LogP contribution in [0.2, 0.25) is 5.02 Å². The van der Waals surface area contributed by atoms with Gasteiger partial charge < -0.3 is 16.4 Å². The number of H-pyrrole nitrogens is 1. The first kappa shape index (κ1) is 20.0. The minimum Gasteiger partial charge on any atom is -0.382 e. The zero-order valence-electron chi connectivity index (χ0n) is 16.7. The third kappa shape index (κ3) is 3.63. The minimum absolute atomic E-state index is 0.00197. The summed E-state index contributed by atoms with van der Waals surface area (Å²) in [5, 5.41) is 13.6. The van der Waals surface area contributed by atoms with E-state index >= 15 is 0 Å². The maximum atomic E-state index is 12.9. The van der Waals surface area contributed by atoms with E-state index in [9.17, 15) is 9.59 Å². The summed E-state index contributed by atoms with van der Waals surface area (Å²) in [5.74, 6) is -0.608. The van der Waals surface area contributed by atoms with Crippen molar-refractivity contribution in [1.29, 1.82) is 0 Å². The van der Waals surface area contributed by atoms with Crippen LogP contribution in [0.3, 0.4) is 0 Å². The van der Waals surface area contributed by atoms with E-state index in [0.717, 1.165) is 10.9 Å². The van der Waals surface area contributed by atoms with Gasteiger partial charge >= 0.3 is 0 Å². The summed E-state index contributed by atoms with van der Waals surface area (Å²) in [6.07, 6.45) is 1.87. The Kier molecular flexibility index (Phi) is 4.95. The number of nitrogens with one attached hydrogen (secondary N) is 3. The molecule has 0 aliphatic carbocycles.